The van der Waals surface area contributed by atoms with Crippen LogP contribution in [0.4, 0.5) is 5.69 Å². The highest BCUT2D eigenvalue weighted by molar-refractivity contribution is 7.85. The Hall–Kier alpha value is -1.47. The third-order valence-corrected chi connectivity index (χ3v) is 2.83. The summed E-state index contributed by atoms with van der Waals surface area (Å²) in [6, 6.07) is 4.94. The van der Waals surface area contributed by atoms with Crippen LogP contribution >= 0.6 is 0 Å². The Morgan fingerprint density at radius 2 is 2.12 bits per heavy atom. The number of nitrogens with two attached hydrogens (primary N) is 1. The van der Waals surface area contributed by atoms with Gasteiger partial charge in [0.1, 0.15) is 11.5 Å². The molecule has 0 aliphatic rings. The largest absolute Gasteiger partial charge is 0.497 e. The maximum absolute atomic E-state index is 10.5. The molecule has 0 aliphatic carbocycles. The first-order chi connectivity index (χ1) is 7.92. The van der Waals surface area contributed by atoms with Crippen LogP contribution in [-0.4, -0.2) is 32.4 Å². The SMILES string of the molecule is COc1ccc(OCCCS(=O)(=O)O)c(N)c1. The number of hydrogen-bond donors (Lipinski definition) is 2. The lowest BCUT2D eigenvalue weighted by Crippen LogP contribution is -2.09. The van der Waals surface area contributed by atoms with Crippen molar-refractivity contribution < 1.29 is 22.4 Å². The fourth-order valence-corrected chi connectivity index (χ4v) is 1.69. The molecule has 0 amide bonds. The second kappa shape index (κ2) is 5.74. The van der Waals surface area contributed by atoms with E-state index in [2.05, 4.69) is 0 Å². The Bertz CT molecular complexity index is 472. The predicted octanol–water partition coefficient (Wildman–Crippen LogP) is 0.934. The molecule has 0 atom stereocenters. The van der Waals surface area contributed by atoms with Crippen LogP contribution < -0.4 is 15.2 Å². The number of methoxy groups -OCH3 is 1. The molecular weight excluding hydrogens is 246 g/mol. The first-order valence-corrected chi connectivity index (χ1v) is 6.55. The Labute approximate surface area is 100 Å². The zero-order valence-corrected chi connectivity index (χ0v) is 10.2. The van der Waals surface area contributed by atoms with E-state index in [0.717, 1.165) is 0 Å². The van der Waals surface area contributed by atoms with Gasteiger partial charge in [-0.05, 0) is 18.6 Å². The fourth-order valence-electron chi connectivity index (χ4n) is 1.21. The van der Waals surface area contributed by atoms with Crippen LogP contribution in [0.1, 0.15) is 6.42 Å². The highest BCUT2D eigenvalue weighted by Gasteiger charge is 2.05. The van der Waals surface area contributed by atoms with Crippen LogP contribution in [0.3, 0.4) is 0 Å². The molecular formula is C10H15NO5S. The molecule has 1 rings (SSSR count). The minimum Gasteiger partial charge on any atom is -0.497 e. The van der Waals surface area contributed by atoms with E-state index in [9.17, 15) is 8.42 Å². The van der Waals surface area contributed by atoms with Crippen LogP contribution in [0.5, 0.6) is 11.5 Å². The predicted molar refractivity (Wildman–Crippen MR) is 63.9 cm³/mol. The molecule has 17 heavy (non-hydrogen) atoms. The van der Waals surface area contributed by atoms with Gasteiger partial charge in [-0.3, -0.25) is 4.55 Å². The summed E-state index contributed by atoms with van der Waals surface area (Å²) in [6.07, 6.45) is 0.199. The first kappa shape index (κ1) is 13.6. The van der Waals surface area contributed by atoms with Crippen molar-refractivity contribution in [2.24, 2.45) is 0 Å². The topological polar surface area (TPSA) is 98.8 Å². The average molecular weight is 261 g/mol. The summed E-state index contributed by atoms with van der Waals surface area (Å²) >= 11 is 0. The van der Waals surface area contributed by atoms with Crippen molar-refractivity contribution in [3.8, 4) is 11.5 Å². The highest BCUT2D eigenvalue weighted by Crippen LogP contribution is 2.26. The molecule has 7 heteroatoms. The molecule has 0 saturated carbocycles. The summed E-state index contributed by atoms with van der Waals surface area (Å²) in [4.78, 5) is 0. The monoisotopic (exact) mass is 261 g/mol. The zero-order chi connectivity index (χ0) is 12.9. The van der Waals surface area contributed by atoms with E-state index in [1.165, 1.54) is 7.11 Å². The van der Waals surface area contributed by atoms with Crippen molar-refractivity contribution in [3.63, 3.8) is 0 Å². The average Bonchev–Trinajstić information content (AvgIpc) is 2.24. The van der Waals surface area contributed by atoms with Gasteiger partial charge in [-0.2, -0.15) is 8.42 Å². The van der Waals surface area contributed by atoms with Crippen molar-refractivity contribution >= 4 is 15.8 Å². The standard InChI is InChI=1S/C10H15NO5S/c1-15-8-3-4-10(9(11)7-8)16-5-2-6-17(12,13)14/h3-4,7H,2,5-6,11H2,1H3,(H,12,13,14). The quantitative estimate of drug-likeness (QED) is 0.449. The smallest absolute Gasteiger partial charge is 0.264 e. The Kier molecular flexibility index (Phi) is 4.59. The Morgan fingerprint density at radius 1 is 1.41 bits per heavy atom. The van der Waals surface area contributed by atoms with E-state index in [-0.39, 0.29) is 18.8 Å². The van der Waals surface area contributed by atoms with Gasteiger partial charge in [0.15, 0.2) is 0 Å². The molecule has 0 aromatic heterocycles. The van der Waals surface area contributed by atoms with E-state index in [0.29, 0.717) is 17.2 Å². The minimum absolute atomic E-state index is 0.163. The maximum atomic E-state index is 10.5. The lowest BCUT2D eigenvalue weighted by Gasteiger charge is -2.09. The van der Waals surface area contributed by atoms with Crippen LogP contribution in [0.15, 0.2) is 18.2 Å². The fraction of sp³-hybridized carbons (Fsp3) is 0.400. The number of benzene rings is 1. The van der Waals surface area contributed by atoms with Gasteiger partial charge in [0, 0.05) is 6.07 Å². The highest BCUT2D eigenvalue weighted by atomic mass is 32.2. The van der Waals surface area contributed by atoms with Crippen molar-refractivity contribution in [1.82, 2.24) is 0 Å². The second-order valence-electron chi connectivity index (χ2n) is 3.39. The normalized spacial score (nSPS) is 11.2. The number of nitrogen functional groups attached to an aromatic ring is 1. The van der Waals surface area contributed by atoms with Crippen molar-refractivity contribution in [2.45, 2.75) is 6.42 Å². The maximum Gasteiger partial charge on any atom is 0.264 e. The van der Waals surface area contributed by atoms with E-state index in [4.69, 9.17) is 19.8 Å². The summed E-state index contributed by atoms with van der Waals surface area (Å²) in [5.74, 6) is 0.747. The molecule has 0 spiro atoms. The third-order valence-electron chi connectivity index (χ3n) is 2.02. The Morgan fingerprint density at radius 3 is 2.65 bits per heavy atom. The molecule has 1 aromatic carbocycles. The Balaban J connectivity index is 2.47. The molecule has 0 bridgehead atoms. The van der Waals surface area contributed by atoms with E-state index in [1.54, 1.807) is 18.2 Å². The molecule has 0 unspecified atom stereocenters. The molecule has 96 valence electrons. The lowest BCUT2D eigenvalue weighted by atomic mass is 10.3. The molecule has 0 radical (unpaired) electrons. The van der Waals surface area contributed by atoms with E-state index >= 15 is 0 Å². The van der Waals surface area contributed by atoms with Gasteiger partial charge in [-0.15, -0.1) is 0 Å². The van der Waals surface area contributed by atoms with Crippen LogP contribution in [0, 0.1) is 0 Å². The van der Waals surface area contributed by atoms with Crippen LogP contribution in [0.2, 0.25) is 0 Å². The summed E-state index contributed by atoms with van der Waals surface area (Å²) in [5.41, 5.74) is 6.11. The van der Waals surface area contributed by atoms with Gasteiger partial charge < -0.3 is 15.2 Å². The minimum atomic E-state index is -3.93. The van der Waals surface area contributed by atoms with Gasteiger partial charge in [0.2, 0.25) is 0 Å². The number of anilines is 1. The molecule has 3 N–H and O–H groups in total. The summed E-state index contributed by atoms with van der Waals surface area (Å²) in [5, 5.41) is 0. The number of ether oxygens (including phenoxy) is 2. The first-order valence-electron chi connectivity index (χ1n) is 4.94. The summed E-state index contributed by atoms with van der Waals surface area (Å²) in [7, 11) is -2.40. The molecule has 0 heterocycles. The van der Waals surface area contributed by atoms with Gasteiger partial charge in [-0.1, -0.05) is 0 Å². The number of rotatable bonds is 6. The zero-order valence-electron chi connectivity index (χ0n) is 9.42. The lowest BCUT2D eigenvalue weighted by molar-refractivity contribution is 0.317. The molecule has 1 aromatic rings. The number of hydrogen-bond acceptors (Lipinski definition) is 5. The van der Waals surface area contributed by atoms with Crippen molar-refractivity contribution in [2.75, 3.05) is 25.2 Å². The van der Waals surface area contributed by atoms with Gasteiger partial charge in [0.25, 0.3) is 10.1 Å². The second-order valence-corrected chi connectivity index (χ2v) is 4.96. The van der Waals surface area contributed by atoms with Crippen molar-refractivity contribution in [1.29, 1.82) is 0 Å². The van der Waals surface area contributed by atoms with Gasteiger partial charge in [-0.25, -0.2) is 0 Å². The van der Waals surface area contributed by atoms with Gasteiger partial charge in [0.05, 0.1) is 25.2 Å². The molecule has 6 nitrogen and oxygen atoms in total. The molecule has 0 saturated heterocycles. The summed E-state index contributed by atoms with van der Waals surface area (Å²) < 4.78 is 39.7. The van der Waals surface area contributed by atoms with Gasteiger partial charge >= 0.3 is 0 Å². The summed E-state index contributed by atoms with van der Waals surface area (Å²) in [6.45, 7) is 0.163. The van der Waals surface area contributed by atoms with E-state index < -0.39 is 10.1 Å². The van der Waals surface area contributed by atoms with Crippen LogP contribution in [-0.2, 0) is 10.1 Å². The van der Waals surface area contributed by atoms with E-state index in [1.807, 2.05) is 0 Å². The van der Waals surface area contributed by atoms with Crippen LogP contribution in [0.25, 0.3) is 0 Å². The molecule has 0 aliphatic heterocycles. The third kappa shape index (κ3) is 4.92. The van der Waals surface area contributed by atoms with Crippen molar-refractivity contribution in [3.05, 3.63) is 18.2 Å². The molecule has 0 fully saturated rings.